The first kappa shape index (κ1) is 16.3. The van der Waals surface area contributed by atoms with Gasteiger partial charge in [-0.3, -0.25) is 4.90 Å². The van der Waals surface area contributed by atoms with Gasteiger partial charge >= 0.3 is 0 Å². The van der Waals surface area contributed by atoms with Gasteiger partial charge in [-0.1, -0.05) is 53.9 Å². The lowest BCUT2D eigenvalue weighted by Crippen LogP contribution is -2.63. The van der Waals surface area contributed by atoms with Gasteiger partial charge in [-0.25, -0.2) is 0 Å². The number of nitrogens with zero attached hydrogens (tertiary/aromatic N) is 1. The lowest BCUT2D eigenvalue weighted by Gasteiger charge is -2.50. The molecule has 1 saturated carbocycles. The molecule has 2 heteroatoms. The summed E-state index contributed by atoms with van der Waals surface area (Å²) < 4.78 is 0. The minimum absolute atomic E-state index is 0.685. The van der Waals surface area contributed by atoms with Crippen molar-refractivity contribution in [1.82, 2.24) is 10.2 Å². The fourth-order valence-electron chi connectivity index (χ4n) is 4.36. The second-order valence-corrected chi connectivity index (χ2v) is 7.79. The van der Waals surface area contributed by atoms with Gasteiger partial charge in [0.2, 0.25) is 0 Å². The fourth-order valence-corrected chi connectivity index (χ4v) is 4.36. The zero-order valence-corrected chi connectivity index (χ0v) is 14.4. The summed E-state index contributed by atoms with van der Waals surface area (Å²) in [4.78, 5) is 2.92. The van der Waals surface area contributed by atoms with Gasteiger partial charge < -0.3 is 5.32 Å². The normalized spacial score (nSPS) is 36.8. The van der Waals surface area contributed by atoms with Gasteiger partial charge in [0, 0.05) is 31.2 Å². The van der Waals surface area contributed by atoms with Crippen LogP contribution in [0, 0.1) is 17.8 Å². The highest BCUT2D eigenvalue weighted by Crippen LogP contribution is 2.34. The third kappa shape index (κ3) is 3.57. The summed E-state index contributed by atoms with van der Waals surface area (Å²) in [6.45, 7) is 14.4. The summed E-state index contributed by atoms with van der Waals surface area (Å²) in [5.74, 6) is 2.44. The van der Waals surface area contributed by atoms with E-state index >= 15 is 0 Å². The monoisotopic (exact) mass is 280 g/mol. The first-order chi connectivity index (χ1) is 9.54. The van der Waals surface area contributed by atoms with Crippen molar-refractivity contribution in [1.29, 1.82) is 0 Å². The quantitative estimate of drug-likeness (QED) is 0.840. The molecule has 0 spiro atoms. The van der Waals surface area contributed by atoms with Crippen LogP contribution in [0.25, 0.3) is 0 Å². The van der Waals surface area contributed by atoms with Crippen LogP contribution in [0.5, 0.6) is 0 Å². The van der Waals surface area contributed by atoms with E-state index in [0.29, 0.717) is 6.04 Å². The molecule has 1 heterocycles. The lowest BCUT2D eigenvalue weighted by molar-refractivity contribution is 0.00425. The number of piperazine rings is 1. The summed E-state index contributed by atoms with van der Waals surface area (Å²) in [5, 5.41) is 3.81. The Hall–Kier alpha value is -0.0800. The lowest BCUT2D eigenvalue weighted by atomic mass is 9.79. The van der Waals surface area contributed by atoms with Crippen LogP contribution in [-0.2, 0) is 0 Å². The molecule has 0 bridgehead atoms. The number of hydrogen-bond acceptors (Lipinski definition) is 2. The number of rotatable bonds is 4. The fraction of sp³-hybridized carbons (Fsp3) is 1.00. The maximum absolute atomic E-state index is 3.81. The minimum atomic E-state index is 0.685. The zero-order valence-electron chi connectivity index (χ0n) is 14.4. The van der Waals surface area contributed by atoms with Crippen LogP contribution in [0.3, 0.4) is 0 Å². The van der Waals surface area contributed by atoms with E-state index in [9.17, 15) is 0 Å². The smallest absolute Gasteiger partial charge is 0.0247 e. The van der Waals surface area contributed by atoms with E-state index in [1.165, 1.54) is 45.2 Å². The molecule has 2 nitrogen and oxygen atoms in total. The van der Waals surface area contributed by atoms with Crippen molar-refractivity contribution < 1.29 is 0 Å². The van der Waals surface area contributed by atoms with Crippen molar-refractivity contribution in [3.8, 4) is 0 Å². The third-order valence-corrected chi connectivity index (χ3v) is 5.82. The summed E-state index contributed by atoms with van der Waals surface area (Å²) in [5.41, 5.74) is 0. The molecule has 1 aliphatic heterocycles. The summed E-state index contributed by atoms with van der Waals surface area (Å²) in [6.07, 6.45) is 7.17. The molecule has 118 valence electrons. The highest BCUT2D eigenvalue weighted by atomic mass is 15.3. The Morgan fingerprint density at radius 3 is 2.35 bits per heavy atom. The van der Waals surface area contributed by atoms with E-state index in [2.05, 4.69) is 44.8 Å². The topological polar surface area (TPSA) is 15.3 Å². The van der Waals surface area contributed by atoms with E-state index < -0.39 is 0 Å². The average Bonchev–Trinajstić information content (AvgIpc) is 2.46. The maximum Gasteiger partial charge on any atom is 0.0247 e. The second-order valence-electron chi connectivity index (χ2n) is 7.79. The molecule has 2 fully saturated rings. The Bertz CT molecular complexity index is 287. The van der Waals surface area contributed by atoms with Crippen LogP contribution in [0.2, 0.25) is 0 Å². The molecular weight excluding hydrogens is 244 g/mol. The van der Waals surface area contributed by atoms with E-state index in [0.717, 1.165) is 29.8 Å². The molecule has 0 radical (unpaired) electrons. The molecular formula is C18H36N2. The van der Waals surface area contributed by atoms with Gasteiger partial charge in [0.05, 0.1) is 0 Å². The molecule has 2 aliphatic rings. The molecule has 0 aromatic rings. The van der Waals surface area contributed by atoms with Crippen LogP contribution in [-0.4, -0.2) is 36.1 Å². The molecule has 1 saturated heterocycles. The number of nitrogens with one attached hydrogen (secondary N) is 1. The Morgan fingerprint density at radius 1 is 1.05 bits per heavy atom. The highest BCUT2D eigenvalue weighted by molar-refractivity contribution is 4.95. The number of hydrogen-bond donors (Lipinski definition) is 1. The standard InChI is InChI=1S/C18H36N2/c1-6-15-9-7-8-10-17(15)20-12-16(13(2)3)19-11-18(20)14(4)5/h13-19H,6-12H2,1-5H3. The minimum Gasteiger partial charge on any atom is -0.311 e. The predicted molar refractivity (Wildman–Crippen MR) is 88.0 cm³/mol. The predicted octanol–water partition coefficient (Wildman–Crippen LogP) is 3.91. The van der Waals surface area contributed by atoms with Crippen molar-refractivity contribution in [2.45, 2.75) is 84.8 Å². The maximum atomic E-state index is 3.81. The molecule has 20 heavy (non-hydrogen) atoms. The zero-order chi connectivity index (χ0) is 14.7. The molecule has 2 rings (SSSR count). The van der Waals surface area contributed by atoms with Gasteiger partial charge in [0.25, 0.3) is 0 Å². The van der Waals surface area contributed by atoms with E-state index in [1.807, 2.05) is 0 Å². The van der Waals surface area contributed by atoms with Gasteiger partial charge in [0.15, 0.2) is 0 Å². The van der Waals surface area contributed by atoms with Gasteiger partial charge in [-0.05, 0) is 30.6 Å². The summed E-state index contributed by atoms with van der Waals surface area (Å²) in [6, 6.07) is 2.27. The van der Waals surface area contributed by atoms with Gasteiger partial charge in [-0.2, -0.15) is 0 Å². The van der Waals surface area contributed by atoms with Crippen molar-refractivity contribution in [2.24, 2.45) is 17.8 Å². The second kappa shape index (κ2) is 7.26. The first-order valence-corrected chi connectivity index (χ1v) is 9.03. The van der Waals surface area contributed by atoms with Crippen molar-refractivity contribution in [3.63, 3.8) is 0 Å². The van der Waals surface area contributed by atoms with Crippen LogP contribution < -0.4 is 5.32 Å². The summed E-state index contributed by atoms with van der Waals surface area (Å²) >= 11 is 0. The van der Waals surface area contributed by atoms with Crippen LogP contribution >= 0.6 is 0 Å². The van der Waals surface area contributed by atoms with Crippen LogP contribution in [0.15, 0.2) is 0 Å². The Labute approximate surface area is 126 Å². The average molecular weight is 281 g/mol. The molecule has 0 amide bonds. The van der Waals surface area contributed by atoms with Gasteiger partial charge in [0.1, 0.15) is 0 Å². The molecule has 0 aromatic carbocycles. The largest absolute Gasteiger partial charge is 0.311 e. The Morgan fingerprint density at radius 2 is 1.75 bits per heavy atom. The van der Waals surface area contributed by atoms with Crippen LogP contribution in [0.1, 0.15) is 66.7 Å². The molecule has 1 aliphatic carbocycles. The SMILES string of the molecule is CCC1CCCCC1N1CC(C(C)C)NCC1C(C)C. The van der Waals surface area contributed by atoms with Crippen LogP contribution in [0.4, 0.5) is 0 Å². The van der Waals surface area contributed by atoms with E-state index in [1.54, 1.807) is 0 Å². The molecule has 4 atom stereocenters. The van der Waals surface area contributed by atoms with E-state index in [-0.39, 0.29) is 0 Å². The summed E-state index contributed by atoms with van der Waals surface area (Å²) in [7, 11) is 0. The van der Waals surface area contributed by atoms with Gasteiger partial charge in [-0.15, -0.1) is 0 Å². The molecule has 1 N–H and O–H groups in total. The van der Waals surface area contributed by atoms with Crippen molar-refractivity contribution in [2.75, 3.05) is 13.1 Å². The Kier molecular flexibility index (Phi) is 5.92. The Balaban J connectivity index is 2.13. The van der Waals surface area contributed by atoms with E-state index in [4.69, 9.17) is 0 Å². The molecule has 0 aromatic heterocycles. The first-order valence-electron chi connectivity index (χ1n) is 9.03. The van der Waals surface area contributed by atoms with Crippen molar-refractivity contribution in [3.05, 3.63) is 0 Å². The molecule has 4 unspecified atom stereocenters. The third-order valence-electron chi connectivity index (χ3n) is 5.82. The van der Waals surface area contributed by atoms with Crippen molar-refractivity contribution >= 4 is 0 Å². The highest BCUT2D eigenvalue weighted by Gasteiger charge is 2.38.